The number of para-hydroxylation sites is 1. The lowest BCUT2D eigenvalue weighted by atomic mass is 10.1. The number of fused-ring (bicyclic) bond motifs is 3. The maximum absolute atomic E-state index is 14.0. The van der Waals surface area contributed by atoms with Crippen LogP contribution in [0.3, 0.4) is 0 Å². The number of imide groups is 1. The first-order valence-corrected chi connectivity index (χ1v) is 29.5. The van der Waals surface area contributed by atoms with E-state index in [1.807, 2.05) is 80.7 Å². The normalized spacial score (nSPS) is 17.7. The van der Waals surface area contributed by atoms with Gasteiger partial charge in [0, 0.05) is 91.5 Å². The van der Waals surface area contributed by atoms with Crippen LogP contribution in [0.1, 0.15) is 97.5 Å². The number of allylic oxidation sites excluding steroid dienone is 5. The molecule has 4 heterocycles. The lowest BCUT2D eigenvalue weighted by Crippen LogP contribution is -2.44. The molecule has 3 atom stereocenters. The van der Waals surface area contributed by atoms with Crippen LogP contribution in [-0.4, -0.2) is 113 Å². The molecule has 0 radical (unpaired) electrons. The fourth-order valence-corrected chi connectivity index (χ4v) is 13.4. The highest BCUT2D eigenvalue weighted by atomic mass is 32.2. The number of hydrogen-bond acceptors (Lipinski definition) is 13. The van der Waals surface area contributed by atoms with Gasteiger partial charge < -0.3 is 34.1 Å². The molecule has 4 aromatic rings. The summed E-state index contributed by atoms with van der Waals surface area (Å²) in [6.07, 6.45) is 17.6. The third-order valence-electron chi connectivity index (χ3n) is 14.6. The van der Waals surface area contributed by atoms with Gasteiger partial charge in [-0.05, 0) is 104 Å². The number of nitrogens with zero attached hydrogens (tertiary/aromatic N) is 5. The fourth-order valence-electron chi connectivity index (χ4n) is 10.6. The Morgan fingerprint density at radius 3 is 2.30 bits per heavy atom. The summed E-state index contributed by atoms with van der Waals surface area (Å²) in [7, 11) is 4.94. The summed E-state index contributed by atoms with van der Waals surface area (Å²) < 4.78 is 24.5. The first-order valence-electron chi connectivity index (χ1n) is 27.4. The van der Waals surface area contributed by atoms with Crippen molar-refractivity contribution in [2.24, 2.45) is 4.99 Å². The number of amides is 5. The minimum atomic E-state index is -0.445. The van der Waals surface area contributed by atoms with Crippen LogP contribution in [0.15, 0.2) is 133 Å². The molecule has 17 heteroatoms. The molecule has 1 fully saturated rings. The van der Waals surface area contributed by atoms with Gasteiger partial charge in [0.15, 0.2) is 23.0 Å². The quantitative estimate of drug-likeness (QED) is 0.0143. The van der Waals surface area contributed by atoms with Crippen molar-refractivity contribution in [1.29, 1.82) is 0 Å². The Bertz CT molecular complexity index is 3170. The van der Waals surface area contributed by atoms with Crippen molar-refractivity contribution in [2.45, 2.75) is 114 Å². The Balaban J connectivity index is 0.951. The second kappa shape index (κ2) is 27.3. The predicted octanol–water partition coefficient (Wildman–Crippen LogP) is 11.7. The lowest BCUT2D eigenvalue weighted by Gasteiger charge is -2.34. The first kappa shape index (κ1) is 59.6. The molecule has 5 amide bonds. The van der Waals surface area contributed by atoms with Crippen molar-refractivity contribution < 1.29 is 42.9 Å². The first-order chi connectivity index (χ1) is 39.1. The summed E-state index contributed by atoms with van der Waals surface area (Å²) >= 11 is 3.31. The molecule has 1 N–H and O–H groups in total. The van der Waals surface area contributed by atoms with Gasteiger partial charge >= 0.3 is 0 Å². The number of nitrogens with one attached hydrogen (secondary N) is 1. The van der Waals surface area contributed by atoms with Gasteiger partial charge in [-0.3, -0.25) is 38.8 Å². The highest BCUT2D eigenvalue weighted by molar-refractivity contribution is 8.04. The number of carbonyl (C=O) groups is 5. The topological polar surface area (TPSA) is 160 Å². The van der Waals surface area contributed by atoms with Crippen LogP contribution in [0.2, 0.25) is 0 Å². The molecular weight excluding hydrogens is 1060 g/mol. The minimum absolute atomic E-state index is 0.0670. The van der Waals surface area contributed by atoms with Gasteiger partial charge in [0.25, 0.3) is 5.91 Å². The van der Waals surface area contributed by atoms with Crippen molar-refractivity contribution in [3.8, 4) is 23.0 Å². The third kappa shape index (κ3) is 14.3. The van der Waals surface area contributed by atoms with Gasteiger partial charge in [-0.2, -0.15) is 11.8 Å². The molecule has 15 nitrogen and oxygen atoms in total. The van der Waals surface area contributed by atoms with Crippen LogP contribution in [0.4, 0.5) is 17.1 Å². The molecule has 1 saturated heterocycles. The molecule has 0 bridgehead atoms. The largest absolute Gasteiger partial charge is 0.493 e. The van der Waals surface area contributed by atoms with E-state index in [0.717, 1.165) is 76.9 Å². The Hall–Kier alpha value is -7.50. The van der Waals surface area contributed by atoms with Crippen molar-refractivity contribution >= 4 is 76.8 Å². The van der Waals surface area contributed by atoms with Crippen LogP contribution in [0, 0.1) is 6.92 Å². The monoisotopic (exact) mass is 1130 g/mol. The second-order valence-corrected chi connectivity index (χ2v) is 24.0. The smallest absolute Gasteiger partial charge is 0.262 e. The third-order valence-corrected chi connectivity index (χ3v) is 17.7. The summed E-state index contributed by atoms with van der Waals surface area (Å²) in [6, 6.07) is 21.3. The van der Waals surface area contributed by atoms with Gasteiger partial charge in [-0.1, -0.05) is 80.6 Å². The van der Waals surface area contributed by atoms with E-state index in [1.54, 1.807) is 83.8 Å². The number of methoxy groups -OCH3 is 2. The van der Waals surface area contributed by atoms with Crippen LogP contribution in [0.5, 0.6) is 23.0 Å². The number of unbranched alkanes of at least 4 members (excludes halogenated alkanes) is 3. The van der Waals surface area contributed by atoms with Gasteiger partial charge in [0.2, 0.25) is 24.1 Å². The van der Waals surface area contributed by atoms with Gasteiger partial charge in [0.1, 0.15) is 19.4 Å². The Labute approximate surface area is 485 Å². The lowest BCUT2D eigenvalue weighted by molar-refractivity contribution is -0.138. The maximum atomic E-state index is 14.0. The number of rotatable bonds is 28. The molecule has 4 aliphatic rings. The van der Waals surface area contributed by atoms with Gasteiger partial charge in [0.05, 0.1) is 42.4 Å². The van der Waals surface area contributed by atoms with Crippen molar-refractivity contribution in [2.75, 3.05) is 50.3 Å². The zero-order chi connectivity index (χ0) is 57.8. The van der Waals surface area contributed by atoms with E-state index < -0.39 is 5.25 Å². The summed E-state index contributed by atoms with van der Waals surface area (Å²) in [5.74, 6) is 2.85. The number of likely N-dealkylation sites (tertiary alicyclic amines) is 1. The number of thioether (sulfide) groups is 2. The van der Waals surface area contributed by atoms with E-state index >= 15 is 0 Å². The number of hydrogen-bond donors (Lipinski definition) is 1. The maximum Gasteiger partial charge on any atom is 0.262 e. The minimum Gasteiger partial charge on any atom is -0.493 e. The van der Waals surface area contributed by atoms with E-state index in [-0.39, 0.29) is 60.2 Å². The van der Waals surface area contributed by atoms with E-state index in [0.29, 0.717) is 77.4 Å². The zero-order valence-corrected chi connectivity index (χ0v) is 49.2. The molecule has 4 aromatic carbocycles. The van der Waals surface area contributed by atoms with Crippen molar-refractivity contribution in [1.82, 2.24) is 14.7 Å². The van der Waals surface area contributed by atoms with Crippen LogP contribution < -0.4 is 29.2 Å². The van der Waals surface area contributed by atoms with E-state index in [4.69, 9.17) is 23.9 Å². The molecular formula is C64H74N6O9S2. The van der Waals surface area contributed by atoms with Crippen molar-refractivity contribution in [3.05, 3.63) is 161 Å². The molecule has 0 saturated carbocycles. The fraction of sp³-hybridized carbons (Fsp3) is 0.375. The van der Waals surface area contributed by atoms with Crippen LogP contribution >= 0.6 is 23.5 Å². The zero-order valence-electron chi connectivity index (χ0n) is 47.5. The Kier molecular flexibility index (Phi) is 20.1. The van der Waals surface area contributed by atoms with Crippen molar-refractivity contribution in [3.63, 3.8) is 0 Å². The Morgan fingerprint density at radius 1 is 0.889 bits per heavy atom. The number of aryl methyl sites for hydroxylation is 1. The number of benzene rings is 4. The molecule has 2 unspecified atom stereocenters. The molecule has 0 spiro atoms. The number of likely N-dealkylation sites (N-methyl/N-ethyl adjacent to an activating group) is 1. The SMILES string of the molecule is C=C/C=C\C(=O)N(C)CCCCCCN1C(=O)CC(SC(C)(C)CSCc2cc(COc3cc(N=CC4Cc5ccccc5N4C=O)c(C)cc3OC)cc(COc3cc4c(cc3OC)C(=O)N3C(C=C)=C(/C=C\C)C[C@H]3N4)c2)C1=O. The van der Waals surface area contributed by atoms with Gasteiger partial charge in [-0.15, -0.1) is 11.8 Å². The summed E-state index contributed by atoms with van der Waals surface area (Å²) in [5, 5.41) is 3.11. The molecule has 426 valence electrons. The summed E-state index contributed by atoms with van der Waals surface area (Å²) in [4.78, 5) is 76.6. The van der Waals surface area contributed by atoms with E-state index in [9.17, 15) is 24.0 Å². The van der Waals surface area contributed by atoms with Gasteiger partial charge in [-0.25, -0.2) is 0 Å². The van der Waals surface area contributed by atoms with Crippen LogP contribution in [-0.2, 0) is 44.6 Å². The van der Waals surface area contributed by atoms with Crippen LogP contribution in [0.25, 0.3) is 0 Å². The van der Waals surface area contributed by atoms with E-state index in [1.165, 1.54) is 11.0 Å². The highest BCUT2D eigenvalue weighted by Gasteiger charge is 2.42. The molecule has 8 rings (SSSR count). The summed E-state index contributed by atoms with van der Waals surface area (Å²) in [6.45, 7) is 17.2. The number of anilines is 2. The highest BCUT2D eigenvalue weighted by Crippen LogP contribution is 2.43. The number of aliphatic imine (C=N–C) groups is 1. The average Bonchev–Trinajstić information content (AvgIpc) is 4.19. The molecule has 0 aliphatic carbocycles. The number of ether oxygens (including phenoxy) is 4. The summed E-state index contributed by atoms with van der Waals surface area (Å²) in [5.41, 5.74) is 9.29. The Morgan fingerprint density at radius 2 is 1.59 bits per heavy atom. The average molecular weight is 1140 g/mol. The molecule has 0 aromatic heterocycles. The predicted molar refractivity (Wildman–Crippen MR) is 325 cm³/mol. The molecule has 4 aliphatic heterocycles. The second-order valence-electron chi connectivity index (χ2n) is 21.1. The molecule has 81 heavy (non-hydrogen) atoms. The standard InChI is InChI=1S/C64H74N6O9S2/c1-10-13-23-60(72)67(7)24-18-14-15-19-25-68-61(73)35-58(63(68)75)81-64(5,6)40-80-39-45-28-43(37-78-56-33-50(42(4)26-54(56)76-8)65-36-48-30-47-21-16-17-22-53(47)69(48)41-71)27-44(29-45)38-79-57-34-51-49(32-55(57)77-9)62(74)70-52(12-3)46(20-11-2)31-59(70)66-51/h10-13,16-17,20-23,26-29,32-34,36,41,48,58-59,66H,1,3,14-15,18-19,24-25,30-31,35,37-40H2,2,4-9H3/b20-11-,23-13-,65-36?/t48?,58?,59-/m0/s1. The van der Waals surface area contributed by atoms with E-state index in [2.05, 4.69) is 44.5 Å². The number of carbonyl (C=O) groups excluding carboxylic acids is 5.